The number of rotatable bonds is 3. The number of nitrogens with zero attached hydrogens (tertiary/aromatic N) is 2. The molecule has 1 aliphatic rings. The largest absolute Gasteiger partial charge is 0.322 e. The number of carbonyl (C=O) groups is 1. The number of piperazine rings is 1. The van der Waals surface area contributed by atoms with Gasteiger partial charge in [0.05, 0.1) is 10.6 Å². The summed E-state index contributed by atoms with van der Waals surface area (Å²) in [6.07, 6.45) is 0. The van der Waals surface area contributed by atoms with Gasteiger partial charge in [0.1, 0.15) is 11.6 Å². The Labute approximate surface area is 162 Å². The second kappa shape index (κ2) is 7.84. The summed E-state index contributed by atoms with van der Waals surface area (Å²) >= 11 is 0. The SMILES string of the molecule is Cc1ccc(S(=O)(=O)N2CCN(C(=O)Nc3ccc(F)cc3F)CC2)c(C)c1. The van der Waals surface area contributed by atoms with Gasteiger partial charge in [0.2, 0.25) is 10.0 Å². The Morgan fingerprint density at radius 2 is 1.68 bits per heavy atom. The van der Waals surface area contributed by atoms with Crippen LogP contribution in [0.3, 0.4) is 0 Å². The predicted molar refractivity (Wildman–Crippen MR) is 102 cm³/mol. The van der Waals surface area contributed by atoms with E-state index in [2.05, 4.69) is 5.32 Å². The number of sulfonamides is 1. The van der Waals surface area contributed by atoms with E-state index in [0.29, 0.717) is 11.6 Å². The summed E-state index contributed by atoms with van der Waals surface area (Å²) in [5.41, 5.74) is 1.52. The molecule has 0 aromatic heterocycles. The van der Waals surface area contributed by atoms with Crippen molar-refractivity contribution >= 4 is 21.7 Å². The van der Waals surface area contributed by atoms with Crippen LogP contribution in [0.5, 0.6) is 0 Å². The molecule has 2 aromatic rings. The first-order valence-electron chi connectivity index (χ1n) is 8.77. The molecule has 150 valence electrons. The maximum atomic E-state index is 13.7. The molecular formula is C19H21F2N3O3S. The van der Waals surface area contributed by atoms with Gasteiger partial charge in [-0.15, -0.1) is 0 Å². The zero-order valence-electron chi connectivity index (χ0n) is 15.6. The van der Waals surface area contributed by atoms with Gasteiger partial charge in [-0.05, 0) is 37.6 Å². The minimum atomic E-state index is -3.66. The van der Waals surface area contributed by atoms with Crippen LogP contribution in [0.4, 0.5) is 19.3 Å². The summed E-state index contributed by atoms with van der Waals surface area (Å²) in [5, 5.41) is 2.39. The second-order valence-corrected chi connectivity index (χ2v) is 8.62. The molecule has 2 amide bonds. The monoisotopic (exact) mass is 409 g/mol. The number of nitrogens with one attached hydrogen (secondary N) is 1. The summed E-state index contributed by atoms with van der Waals surface area (Å²) in [7, 11) is -3.66. The molecule has 0 bridgehead atoms. The standard InChI is InChI=1S/C19H21F2N3O3S/c1-13-3-6-18(14(2)11-13)28(26,27)24-9-7-23(8-10-24)19(25)22-17-5-4-15(20)12-16(17)21/h3-6,11-12H,7-10H2,1-2H3,(H,22,25). The number of hydrogen-bond donors (Lipinski definition) is 1. The molecule has 0 saturated carbocycles. The molecular weight excluding hydrogens is 388 g/mol. The highest BCUT2D eigenvalue weighted by atomic mass is 32.2. The molecule has 0 aliphatic carbocycles. The van der Waals surface area contributed by atoms with Crippen LogP contribution in [-0.2, 0) is 10.0 Å². The molecule has 0 spiro atoms. The van der Waals surface area contributed by atoms with E-state index < -0.39 is 27.7 Å². The van der Waals surface area contributed by atoms with Crippen molar-refractivity contribution in [1.82, 2.24) is 9.21 Å². The molecule has 2 aromatic carbocycles. The van der Waals surface area contributed by atoms with Gasteiger partial charge >= 0.3 is 6.03 Å². The summed E-state index contributed by atoms with van der Waals surface area (Å²) in [4.78, 5) is 14.0. The molecule has 3 rings (SSSR count). The Hall–Kier alpha value is -2.52. The Morgan fingerprint density at radius 3 is 2.29 bits per heavy atom. The van der Waals surface area contributed by atoms with Crippen molar-refractivity contribution in [3.8, 4) is 0 Å². The number of anilines is 1. The highest BCUT2D eigenvalue weighted by molar-refractivity contribution is 7.89. The van der Waals surface area contributed by atoms with Crippen LogP contribution in [0.15, 0.2) is 41.3 Å². The van der Waals surface area contributed by atoms with Crippen LogP contribution in [-0.4, -0.2) is 49.8 Å². The maximum Gasteiger partial charge on any atom is 0.322 e. The first kappa shape index (κ1) is 20.2. The first-order chi connectivity index (χ1) is 13.2. The van der Waals surface area contributed by atoms with E-state index in [9.17, 15) is 22.0 Å². The lowest BCUT2D eigenvalue weighted by Crippen LogP contribution is -2.51. The summed E-state index contributed by atoms with van der Waals surface area (Å²) in [5.74, 6) is -1.61. The summed E-state index contributed by atoms with van der Waals surface area (Å²) < 4.78 is 53.8. The van der Waals surface area contributed by atoms with Crippen molar-refractivity contribution in [3.05, 3.63) is 59.2 Å². The molecule has 1 N–H and O–H groups in total. The van der Waals surface area contributed by atoms with E-state index in [1.165, 1.54) is 9.21 Å². The second-order valence-electron chi connectivity index (χ2n) is 6.71. The molecule has 1 fully saturated rings. The van der Waals surface area contributed by atoms with Crippen LogP contribution in [0, 0.1) is 25.5 Å². The Kier molecular flexibility index (Phi) is 5.66. The van der Waals surface area contributed by atoms with E-state index in [4.69, 9.17) is 0 Å². The fraction of sp³-hybridized carbons (Fsp3) is 0.316. The zero-order chi connectivity index (χ0) is 20.5. The third kappa shape index (κ3) is 4.15. The maximum absolute atomic E-state index is 13.7. The molecule has 9 heteroatoms. The molecule has 1 aliphatic heterocycles. The zero-order valence-corrected chi connectivity index (χ0v) is 16.4. The average molecular weight is 409 g/mol. The van der Waals surface area contributed by atoms with Crippen molar-refractivity contribution in [2.75, 3.05) is 31.5 Å². The number of halogens is 2. The number of benzene rings is 2. The smallest absolute Gasteiger partial charge is 0.322 e. The van der Waals surface area contributed by atoms with Gasteiger partial charge in [0.15, 0.2) is 0 Å². The van der Waals surface area contributed by atoms with Gasteiger partial charge in [0.25, 0.3) is 0 Å². The number of carbonyl (C=O) groups excluding carboxylic acids is 1. The third-order valence-electron chi connectivity index (χ3n) is 4.65. The molecule has 1 heterocycles. The lowest BCUT2D eigenvalue weighted by atomic mass is 10.2. The number of aryl methyl sites for hydroxylation is 2. The predicted octanol–water partition coefficient (Wildman–Crippen LogP) is 3.12. The fourth-order valence-electron chi connectivity index (χ4n) is 3.14. The van der Waals surface area contributed by atoms with Crippen molar-refractivity contribution < 1.29 is 22.0 Å². The number of amides is 2. The van der Waals surface area contributed by atoms with Crippen molar-refractivity contribution in [1.29, 1.82) is 0 Å². The Balaban J connectivity index is 1.65. The van der Waals surface area contributed by atoms with Gasteiger partial charge in [0, 0.05) is 32.2 Å². The lowest BCUT2D eigenvalue weighted by Gasteiger charge is -2.34. The molecule has 1 saturated heterocycles. The van der Waals surface area contributed by atoms with Crippen LogP contribution in [0.25, 0.3) is 0 Å². The number of urea groups is 1. The normalized spacial score (nSPS) is 15.5. The Morgan fingerprint density at radius 1 is 1.00 bits per heavy atom. The van der Waals surface area contributed by atoms with Crippen molar-refractivity contribution in [3.63, 3.8) is 0 Å². The van der Waals surface area contributed by atoms with Crippen molar-refractivity contribution in [2.45, 2.75) is 18.7 Å². The van der Waals surface area contributed by atoms with Crippen LogP contribution < -0.4 is 5.32 Å². The van der Waals surface area contributed by atoms with Gasteiger partial charge in [-0.25, -0.2) is 22.0 Å². The first-order valence-corrected chi connectivity index (χ1v) is 10.2. The van der Waals surface area contributed by atoms with E-state index in [0.717, 1.165) is 17.7 Å². The Bertz CT molecular complexity index is 1000. The van der Waals surface area contributed by atoms with E-state index in [1.54, 1.807) is 19.1 Å². The molecule has 28 heavy (non-hydrogen) atoms. The topological polar surface area (TPSA) is 69.7 Å². The summed E-state index contributed by atoms with van der Waals surface area (Å²) in [6, 6.07) is 7.47. The van der Waals surface area contributed by atoms with Gasteiger partial charge in [-0.1, -0.05) is 17.7 Å². The summed E-state index contributed by atoms with van der Waals surface area (Å²) in [6.45, 7) is 4.24. The molecule has 0 radical (unpaired) electrons. The van der Waals surface area contributed by atoms with Crippen molar-refractivity contribution in [2.24, 2.45) is 0 Å². The molecule has 0 unspecified atom stereocenters. The van der Waals surface area contributed by atoms with E-state index >= 15 is 0 Å². The quantitative estimate of drug-likeness (QED) is 0.847. The molecule has 6 nitrogen and oxygen atoms in total. The highest BCUT2D eigenvalue weighted by Gasteiger charge is 2.31. The number of hydrogen-bond acceptors (Lipinski definition) is 3. The highest BCUT2D eigenvalue weighted by Crippen LogP contribution is 2.22. The van der Waals surface area contributed by atoms with Gasteiger partial charge in [-0.3, -0.25) is 0 Å². The lowest BCUT2D eigenvalue weighted by molar-refractivity contribution is 0.184. The van der Waals surface area contributed by atoms with Crippen LogP contribution in [0.2, 0.25) is 0 Å². The molecule has 0 atom stereocenters. The van der Waals surface area contributed by atoms with Crippen LogP contribution in [0.1, 0.15) is 11.1 Å². The minimum absolute atomic E-state index is 0.128. The fourth-order valence-corrected chi connectivity index (χ4v) is 4.77. The average Bonchev–Trinajstić information content (AvgIpc) is 2.63. The van der Waals surface area contributed by atoms with Gasteiger partial charge in [-0.2, -0.15) is 4.31 Å². The van der Waals surface area contributed by atoms with E-state index in [-0.39, 0.29) is 36.8 Å². The third-order valence-corrected chi connectivity index (χ3v) is 6.71. The minimum Gasteiger partial charge on any atom is -0.322 e. The van der Waals surface area contributed by atoms with Gasteiger partial charge < -0.3 is 10.2 Å². The van der Waals surface area contributed by atoms with Crippen LogP contribution >= 0.6 is 0 Å². The van der Waals surface area contributed by atoms with E-state index in [1.807, 2.05) is 13.0 Å².